The lowest BCUT2D eigenvalue weighted by Gasteiger charge is -2.03. The second-order valence-corrected chi connectivity index (χ2v) is 4.25. The molecule has 0 saturated carbocycles. The van der Waals surface area contributed by atoms with Crippen molar-refractivity contribution < 1.29 is 13.9 Å². The number of hydrogen-bond donors (Lipinski definition) is 0. The van der Waals surface area contributed by atoms with Gasteiger partial charge in [0.15, 0.2) is 0 Å². The molecule has 1 aromatic heterocycles. The van der Waals surface area contributed by atoms with E-state index in [1.54, 1.807) is 6.07 Å². The summed E-state index contributed by atoms with van der Waals surface area (Å²) in [5.74, 6) is -0.842. The maximum Gasteiger partial charge on any atom is 0.233 e. The van der Waals surface area contributed by atoms with Gasteiger partial charge < -0.3 is 4.74 Å². The molecule has 0 aliphatic rings. The van der Waals surface area contributed by atoms with Crippen molar-refractivity contribution in [2.24, 2.45) is 0 Å². The molecule has 2 aromatic rings. The lowest BCUT2D eigenvalue weighted by Crippen LogP contribution is -2.08. The van der Waals surface area contributed by atoms with Crippen molar-refractivity contribution in [3.63, 3.8) is 0 Å². The fourth-order valence-corrected chi connectivity index (χ4v) is 1.73. The molecule has 0 saturated heterocycles. The van der Waals surface area contributed by atoms with E-state index in [0.29, 0.717) is 5.88 Å². The number of carbonyl (C=O) groups excluding carboxylic acids is 1. The van der Waals surface area contributed by atoms with Crippen LogP contribution in [0.2, 0.25) is 0 Å². The second kappa shape index (κ2) is 5.22. The van der Waals surface area contributed by atoms with Crippen molar-refractivity contribution in [1.29, 1.82) is 0 Å². The largest absolute Gasteiger partial charge is 0.480 e. The first-order valence-corrected chi connectivity index (χ1v) is 5.79. The van der Waals surface area contributed by atoms with Gasteiger partial charge in [-0.15, -0.1) is 10.2 Å². The Kier molecular flexibility index (Phi) is 3.66. The van der Waals surface area contributed by atoms with Gasteiger partial charge in [-0.05, 0) is 34.1 Å². The number of nitrogens with zero attached hydrogens (tertiary/aromatic N) is 2. The Balaban J connectivity index is 2.38. The second-order valence-electron chi connectivity index (χ2n) is 3.39. The summed E-state index contributed by atoms with van der Waals surface area (Å²) in [5, 5.41) is 7.36. The van der Waals surface area contributed by atoms with Gasteiger partial charge in [0.1, 0.15) is 11.5 Å². The maximum absolute atomic E-state index is 13.7. The number of hydrogen-bond acceptors (Lipinski definition) is 4. The van der Waals surface area contributed by atoms with Crippen molar-refractivity contribution in [1.82, 2.24) is 10.2 Å². The molecule has 0 aliphatic heterocycles. The summed E-state index contributed by atoms with van der Waals surface area (Å²) >= 11 is 3.03. The number of benzene rings is 1. The summed E-state index contributed by atoms with van der Waals surface area (Å²) in [6.07, 6.45) is 0. The third-order valence-corrected chi connectivity index (χ3v) is 2.89. The normalized spacial score (nSPS) is 10.2. The molecule has 0 N–H and O–H groups in total. The van der Waals surface area contributed by atoms with Crippen LogP contribution in [-0.4, -0.2) is 23.1 Å². The van der Waals surface area contributed by atoms with E-state index >= 15 is 0 Å². The van der Waals surface area contributed by atoms with Crippen LogP contribution in [0.15, 0.2) is 34.8 Å². The molecular weight excluding hydrogens is 303 g/mol. The molecule has 92 valence electrons. The van der Waals surface area contributed by atoms with Crippen molar-refractivity contribution in [3.8, 4) is 5.88 Å². The van der Waals surface area contributed by atoms with E-state index < -0.39 is 11.6 Å². The lowest BCUT2D eigenvalue weighted by molar-refractivity contribution is 0.102. The van der Waals surface area contributed by atoms with Crippen LogP contribution >= 0.6 is 15.9 Å². The van der Waals surface area contributed by atoms with Crippen LogP contribution in [0.1, 0.15) is 16.1 Å². The van der Waals surface area contributed by atoms with Crippen molar-refractivity contribution in [3.05, 3.63) is 51.9 Å². The zero-order valence-electron chi connectivity index (χ0n) is 9.35. The number of carbonyl (C=O) groups is 1. The van der Waals surface area contributed by atoms with E-state index in [-0.39, 0.29) is 15.7 Å². The van der Waals surface area contributed by atoms with Gasteiger partial charge in [0.05, 0.1) is 17.1 Å². The van der Waals surface area contributed by atoms with Gasteiger partial charge in [-0.1, -0.05) is 6.07 Å². The molecule has 0 atom stereocenters. The van der Waals surface area contributed by atoms with Gasteiger partial charge in [-0.25, -0.2) is 4.39 Å². The third-order valence-electron chi connectivity index (χ3n) is 2.28. The number of ether oxygens (including phenoxy) is 1. The monoisotopic (exact) mass is 310 g/mol. The predicted octanol–water partition coefficient (Wildman–Crippen LogP) is 2.62. The molecule has 2 rings (SSSR count). The minimum atomic E-state index is -0.611. The molecule has 0 radical (unpaired) electrons. The minimum Gasteiger partial charge on any atom is -0.480 e. The van der Waals surface area contributed by atoms with E-state index in [1.165, 1.54) is 31.4 Å². The Morgan fingerprint density at radius 2 is 2.06 bits per heavy atom. The number of ketones is 1. The zero-order valence-corrected chi connectivity index (χ0v) is 10.9. The first kappa shape index (κ1) is 12.6. The van der Waals surface area contributed by atoms with Crippen molar-refractivity contribution >= 4 is 21.7 Å². The molecule has 0 fully saturated rings. The fourth-order valence-electron chi connectivity index (χ4n) is 1.37. The predicted molar refractivity (Wildman–Crippen MR) is 66.1 cm³/mol. The molecule has 18 heavy (non-hydrogen) atoms. The quantitative estimate of drug-likeness (QED) is 0.818. The standard InChI is InChI=1S/C12H8BrFN2O2/c1-18-10-6-5-9(15-16-10)12(17)7-3-2-4-8(13)11(7)14/h2-6H,1H3. The molecule has 0 bridgehead atoms. The van der Waals surface area contributed by atoms with Crippen molar-refractivity contribution in [2.75, 3.05) is 7.11 Å². The van der Waals surface area contributed by atoms with Crippen LogP contribution in [-0.2, 0) is 0 Å². The molecule has 0 unspecified atom stereocenters. The average Bonchev–Trinajstić information content (AvgIpc) is 2.41. The summed E-state index contributed by atoms with van der Waals surface area (Å²) in [5.41, 5.74) is 0.0108. The average molecular weight is 311 g/mol. The first-order chi connectivity index (χ1) is 8.63. The highest BCUT2D eigenvalue weighted by Gasteiger charge is 2.17. The van der Waals surface area contributed by atoms with E-state index in [9.17, 15) is 9.18 Å². The van der Waals surface area contributed by atoms with Crippen LogP contribution in [0, 0.1) is 5.82 Å². The summed E-state index contributed by atoms with van der Waals surface area (Å²) in [7, 11) is 1.44. The van der Waals surface area contributed by atoms with Crippen LogP contribution < -0.4 is 4.74 Å². The number of rotatable bonds is 3. The van der Waals surface area contributed by atoms with Gasteiger partial charge in [0.25, 0.3) is 0 Å². The maximum atomic E-state index is 13.7. The summed E-state index contributed by atoms with van der Waals surface area (Å²) in [4.78, 5) is 12.0. The van der Waals surface area contributed by atoms with Crippen molar-refractivity contribution in [2.45, 2.75) is 0 Å². The number of aromatic nitrogens is 2. The highest BCUT2D eigenvalue weighted by atomic mass is 79.9. The van der Waals surface area contributed by atoms with E-state index in [2.05, 4.69) is 26.1 Å². The Labute approximate surface area is 111 Å². The van der Waals surface area contributed by atoms with E-state index in [0.717, 1.165) is 0 Å². The number of methoxy groups -OCH3 is 1. The highest BCUT2D eigenvalue weighted by molar-refractivity contribution is 9.10. The summed E-state index contributed by atoms with van der Waals surface area (Å²) < 4.78 is 18.8. The van der Waals surface area contributed by atoms with Crippen LogP contribution in [0.4, 0.5) is 4.39 Å². The van der Waals surface area contributed by atoms with Gasteiger partial charge >= 0.3 is 0 Å². The SMILES string of the molecule is COc1ccc(C(=O)c2cccc(Br)c2F)nn1. The summed E-state index contributed by atoms with van der Waals surface area (Å²) in [6, 6.07) is 7.43. The van der Waals surface area contributed by atoms with Crippen LogP contribution in [0.3, 0.4) is 0 Å². The molecule has 6 heteroatoms. The Morgan fingerprint density at radius 3 is 2.67 bits per heavy atom. The Bertz CT molecular complexity index is 587. The van der Waals surface area contributed by atoms with Crippen LogP contribution in [0.25, 0.3) is 0 Å². The molecule has 0 amide bonds. The summed E-state index contributed by atoms with van der Waals surface area (Å²) in [6.45, 7) is 0. The lowest BCUT2D eigenvalue weighted by atomic mass is 10.1. The molecular formula is C12H8BrFN2O2. The molecule has 4 nitrogen and oxygen atoms in total. The van der Waals surface area contributed by atoms with E-state index in [1.807, 2.05) is 0 Å². The minimum absolute atomic E-state index is 0.0520. The zero-order chi connectivity index (χ0) is 13.1. The van der Waals surface area contributed by atoms with Gasteiger partial charge in [-0.3, -0.25) is 4.79 Å². The molecule has 1 heterocycles. The van der Waals surface area contributed by atoms with Gasteiger partial charge in [-0.2, -0.15) is 0 Å². The number of halogens is 2. The molecule has 0 spiro atoms. The topological polar surface area (TPSA) is 52.1 Å². The molecule has 0 aliphatic carbocycles. The van der Waals surface area contributed by atoms with Crippen LogP contribution in [0.5, 0.6) is 5.88 Å². The van der Waals surface area contributed by atoms with Gasteiger partial charge in [0, 0.05) is 6.07 Å². The Morgan fingerprint density at radius 1 is 1.28 bits per heavy atom. The Hall–Kier alpha value is -1.82. The fraction of sp³-hybridized carbons (Fsp3) is 0.0833. The van der Waals surface area contributed by atoms with E-state index in [4.69, 9.17) is 4.74 Å². The van der Waals surface area contributed by atoms with Gasteiger partial charge in [0.2, 0.25) is 11.7 Å². The third kappa shape index (κ3) is 2.38. The smallest absolute Gasteiger partial charge is 0.233 e. The molecule has 1 aromatic carbocycles. The first-order valence-electron chi connectivity index (χ1n) is 5.00. The highest BCUT2D eigenvalue weighted by Crippen LogP contribution is 2.20.